The number of halogens is 1. The Balaban J connectivity index is 0.00000361. The fourth-order valence-electron chi connectivity index (χ4n) is 2.95. The number of carbonyl (C=O) groups is 1. The molecule has 0 spiro atoms. The van der Waals surface area contributed by atoms with Gasteiger partial charge in [-0.25, -0.2) is 0 Å². The van der Waals surface area contributed by atoms with Gasteiger partial charge in [0.15, 0.2) is 0 Å². The lowest BCUT2D eigenvalue weighted by Gasteiger charge is -2.28. The topological polar surface area (TPSA) is 41.1 Å². The number of amides is 1. The van der Waals surface area contributed by atoms with E-state index in [1.807, 2.05) is 7.05 Å². The van der Waals surface area contributed by atoms with Gasteiger partial charge in [-0.15, -0.1) is 12.4 Å². The Morgan fingerprint density at radius 2 is 1.75 bits per heavy atom. The minimum absolute atomic E-state index is 0. The molecule has 0 heterocycles. The van der Waals surface area contributed by atoms with Crippen LogP contribution in [0.3, 0.4) is 0 Å². The standard InChI is InChI=1S/C16H32N2O.ClH/c1-12(2)15(10-14-8-6-5-7-9-14)16(19)18-11-13(3)17-4;/h12-15,17H,5-11H2,1-4H3,(H,18,19);1H. The van der Waals surface area contributed by atoms with Crippen molar-refractivity contribution in [2.24, 2.45) is 17.8 Å². The van der Waals surface area contributed by atoms with Crippen LogP contribution in [0.25, 0.3) is 0 Å². The number of rotatable bonds is 7. The van der Waals surface area contributed by atoms with Crippen molar-refractivity contribution in [2.75, 3.05) is 13.6 Å². The Morgan fingerprint density at radius 3 is 2.25 bits per heavy atom. The van der Waals surface area contributed by atoms with Crippen LogP contribution in [0.4, 0.5) is 0 Å². The molecule has 1 rings (SSSR count). The summed E-state index contributed by atoms with van der Waals surface area (Å²) in [4.78, 5) is 12.3. The summed E-state index contributed by atoms with van der Waals surface area (Å²) in [6.07, 6.45) is 7.82. The van der Waals surface area contributed by atoms with E-state index in [0.29, 0.717) is 12.0 Å². The van der Waals surface area contributed by atoms with Crippen molar-refractivity contribution in [2.45, 2.75) is 65.3 Å². The Morgan fingerprint density at radius 1 is 1.15 bits per heavy atom. The van der Waals surface area contributed by atoms with E-state index in [4.69, 9.17) is 0 Å². The Bertz CT molecular complexity index is 265. The third-order valence-corrected chi connectivity index (χ3v) is 4.53. The van der Waals surface area contributed by atoms with Gasteiger partial charge in [-0.05, 0) is 32.2 Å². The minimum Gasteiger partial charge on any atom is -0.354 e. The van der Waals surface area contributed by atoms with Gasteiger partial charge < -0.3 is 10.6 Å². The molecular formula is C16H33ClN2O. The van der Waals surface area contributed by atoms with Gasteiger partial charge in [0, 0.05) is 18.5 Å². The van der Waals surface area contributed by atoms with E-state index in [0.717, 1.165) is 18.9 Å². The van der Waals surface area contributed by atoms with Crippen LogP contribution < -0.4 is 10.6 Å². The predicted octanol–water partition coefficient (Wildman–Crippen LogP) is 3.37. The van der Waals surface area contributed by atoms with Crippen molar-refractivity contribution >= 4 is 18.3 Å². The number of likely N-dealkylation sites (N-methyl/N-ethyl adjacent to an activating group) is 1. The smallest absolute Gasteiger partial charge is 0.223 e. The van der Waals surface area contributed by atoms with Gasteiger partial charge >= 0.3 is 0 Å². The molecule has 2 unspecified atom stereocenters. The van der Waals surface area contributed by atoms with Crippen LogP contribution in [-0.4, -0.2) is 25.5 Å². The van der Waals surface area contributed by atoms with Crippen molar-refractivity contribution in [3.63, 3.8) is 0 Å². The quantitative estimate of drug-likeness (QED) is 0.757. The number of hydrogen-bond acceptors (Lipinski definition) is 2. The van der Waals surface area contributed by atoms with E-state index in [1.165, 1.54) is 32.1 Å². The third kappa shape index (κ3) is 6.94. The first-order valence-corrected chi connectivity index (χ1v) is 7.99. The second-order valence-electron chi connectivity index (χ2n) is 6.53. The average Bonchev–Trinajstić information content (AvgIpc) is 2.42. The van der Waals surface area contributed by atoms with Gasteiger partial charge in [-0.2, -0.15) is 0 Å². The third-order valence-electron chi connectivity index (χ3n) is 4.53. The molecule has 2 N–H and O–H groups in total. The highest BCUT2D eigenvalue weighted by atomic mass is 35.5. The van der Waals surface area contributed by atoms with Crippen molar-refractivity contribution in [3.8, 4) is 0 Å². The normalized spacial score (nSPS) is 19.2. The molecule has 1 amide bonds. The summed E-state index contributed by atoms with van der Waals surface area (Å²) in [5, 5.41) is 6.26. The lowest BCUT2D eigenvalue weighted by atomic mass is 9.79. The summed E-state index contributed by atoms with van der Waals surface area (Å²) in [6, 6.07) is 0.339. The highest BCUT2D eigenvalue weighted by Gasteiger charge is 2.26. The molecule has 3 nitrogen and oxygen atoms in total. The van der Waals surface area contributed by atoms with Crippen LogP contribution in [0.15, 0.2) is 0 Å². The first kappa shape index (κ1) is 19.7. The molecule has 0 aliphatic heterocycles. The maximum atomic E-state index is 12.3. The van der Waals surface area contributed by atoms with E-state index in [2.05, 4.69) is 31.4 Å². The Kier molecular flexibility index (Phi) is 10.3. The SMILES string of the molecule is CNC(C)CNC(=O)C(CC1CCCCC1)C(C)C.Cl. The summed E-state index contributed by atoms with van der Waals surface area (Å²) >= 11 is 0. The minimum atomic E-state index is 0. The Hall–Kier alpha value is -0.280. The number of hydrogen-bond donors (Lipinski definition) is 2. The van der Waals surface area contributed by atoms with Crippen molar-refractivity contribution in [1.82, 2.24) is 10.6 Å². The summed E-state index contributed by atoms with van der Waals surface area (Å²) in [5.74, 6) is 1.65. The zero-order valence-electron chi connectivity index (χ0n) is 13.6. The van der Waals surface area contributed by atoms with Gasteiger partial charge in [0.25, 0.3) is 0 Å². The van der Waals surface area contributed by atoms with Crippen molar-refractivity contribution < 1.29 is 4.79 Å². The van der Waals surface area contributed by atoms with Crippen molar-refractivity contribution in [3.05, 3.63) is 0 Å². The van der Waals surface area contributed by atoms with Crippen LogP contribution in [0, 0.1) is 17.8 Å². The molecule has 0 aromatic rings. The van der Waals surface area contributed by atoms with E-state index in [9.17, 15) is 4.79 Å². The zero-order chi connectivity index (χ0) is 14.3. The molecule has 1 fully saturated rings. The fraction of sp³-hybridized carbons (Fsp3) is 0.938. The monoisotopic (exact) mass is 304 g/mol. The number of carbonyl (C=O) groups excluding carboxylic acids is 1. The summed E-state index contributed by atoms with van der Waals surface area (Å²) in [7, 11) is 1.93. The van der Waals surface area contributed by atoms with Crippen LogP contribution in [-0.2, 0) is 4.79 Å². The van der Waals surface area contributed by atoms with Crippen LogP contribution >= 0.6 is 12.4 Å². The van der Waals surface area contributed by atoms with Crippen LogP contribution in [0.5, 0.6) is 0 Å². The summed E-state index contributed by atoms with van der Waals surface area (Å²) in [6.45, 7) is 7.16. The molecule has 1 aliphatic rings. The second kappa shape index (κ2) is 10.4. The van der Waals surface area contributed by atoms with Crippen molar-refractivity contribution in [1.29, 1.82) is 0 Å². The first-order chi connectivity index (χ1) is 9.04. The largest absolute Gasteiger partial charge is 0.354 e. The van der Waals surface area contributed by atoms with E-state index < -0.39 is 0 Å². The molecule has 4 heteroatoms. The zero-order valence-corrected chi connectivity index (χ0v) is 14.4. The van der Waals surface area contributed by atoms with Gasteiger partial charge in [0.1, 0.15) is 0 Å². The lowest BCUT2D eigenvalue weighted by molar-refractivity contribution is -0.127. The Labute approximate surface area is 131 Å². The maximum absolute atomic E-state index is 12.3. The molecule has 120 valence electrons. The van der Waals surface area contributed by atoms with Gasteiger partial charge in [0.2, 0.25) is 5.91 Å². The molecule has 0 radical (unpaired) electrons. The molecule has 0 bridgehead atoms. The van der Waals surface area contributed by atoms with E-state index in [-0.39, 0.29) is 24.2 Å². The van der Waals surface area contributed by atoms with Gasteiger partial charge in [0.05, 0.1) is 0 Å². The average molecular weight is 305 g/mol. The maximum Gasteiger partial charge on any atom is 0.223 e. The van der Waals surface area contributed by atoms with E-state index >= 15 is 0 Å². The lowest BCUT2D eigenvalue weighted by Crippen LogP contribution is -2.41. The molecule has 20 heavy (non-hydrogen) atoms. The molecular weight excluding hydrogens is 272 g/mol. The first-order valence-electron chi connectivity index (χ1n) is 7.99. The molecule has 0 aromatic carbocycles. The molecule has 0 aromatic heterocycles. The second-order valence-corrected chi connectivity index (χ2v) is 6.53. The predicted molar refractivity (Wildman–Crippen MR) is 88.3 cm³/mol. The summed E-state index contributed by atoms with van der Waals surface area (Å²) in [5.41, 5.74) is 0. The highest BCUT2D eigenvalue weighted by Crippen LogP contribution is 2.31. The van der Waals surface area contributed by atoms with E-state index in [1.54, 1.807) is 0 Å². The molecule has 0 saturated heterocycles. The van der Waals surface area contributed by atoms with Gasteiger partial charge in [-0.3, -0.25) is 4.79 Å². The summed E-state index contributed by atoms with van der Waals surface area (Å²) < 4.78 is 0. The molecule has 1 aliphatic carbocycles. The van der Waals surface area contributed by atoms with Gasteiger partial charge in [-0.1, -0.05) is 46.0 Å². The highest BCUT2D eigenvalue weighted by molar-refractivity contribution is 5.85. The van der Waals surface area contributed by atoms with Crippen LogP contribution in [0.1, 0.15) is 59.3 Å². The van der Waals surface area contributed by atoms with Crippen LogP contribution in [0.2, 0.25) is 0 Å². The fourth-order valence-corrected chi connectivity index (χ4v) is 2.95. The number of nitrogens with one attached hydrogen (secondary N) is 2. The molecule has 2 atom stereocenters. The molecule has 1 saturated carbocycles.